The molecule has 3 heterocycles. The van der Waals surface area contributed by atoms with Crippen LogP contribution in [0.5, 0.6) is 0 Å². The molecule has 0 saturated carbocycles. The Morgan fingerprint density at radius 3 is 2.55 bits per heavy atom. The molecule has 0 radical (unpaired) electrons. The van der Waals surface area contributed by atoms with Crippen molar-refractivity contribution in [3.05, 3.63) is 79.0 Å². The van der Waals surface area contributed by atoms with Crippen LogP contribution in [0.4, 0.5) is 17.3 Å². The van der Waals surface area contributed by atoms with Crippen LogP contribution < -0.4 is 21.5 Å². The van der Waals surface area contributed by atoms with Crippen LogP contribution in [0.2, 0.25) is 10.0 Å². The molecular formula is C22H18Cl2N6O3. The number of H-pyrrole nitrogens is 1. The van der Waals surface area contributed by atoms with Crippen molar-refractivity contribution in [2.75, 3.05) is 23.3 Å². The van der Waals surface area contributed by atoms with Crippen LogP contribution in [0, 0.1) is 6.92 Å². The van der Waals surface area contributed by atoms with Gasteiger partial charge in [0.2, 0.25) is 5.95 Å². The molecule has 0 aliphatic carbocycles. The molecule has 1 aliphatic rings. The first kappa shape index (κ1) is 21.4. The highest BCUT2D eigenvalue weighted by Crippen LogP contribution is 2.29. The van der Waals surface area contributed by atoms with Gasteiger partial charge >= 0.3 is 5.69 Å². The fraction of sp³-hybridized carbons (Fsp3) is 0.182. The number of fused-ring (bicyclic) bond motifs is 1. The lowest BCUT2D eigenvalue weighted by Crippen LogP contribution is -2.51. The minimum atomic E-state index is -0.718. The molecule has 1 aliphatic heterocycles. The van der Waals surface area contributed by atoms with E-state index in [1.165, 1.54) is 6.20 Å². The molecule has 0 spiro atoms. The van der Waals surface area contributed by atoms with Gasteiger partial charge in [0.15, 0.2) is 5.65 Å². The molecule has 11 heteroatoms. The van der Waals surface area contributed by atoms with E-state index in [-0.39, 0.29) is 38.8 Å². The Kier molecular flexibility index (Phi) is 5.32. The molecule has 168 valence electrons. The smallest absolute Gasteiger partial charge is 0.334 e. The van der Waals surface area contributed by atoms with Gasteiger partial charge in [-0.2, -0.15) is 4.98 Å². The average molecular weight is 485 g/mol. The van der Waals surface area contributed by atoms with Crippen LogP contribution in [0.1, 0.15) is 5.56 Å². The number of aromatic nitrogens is 4. The number of hydrogen-bond acceptors (Lipinski definition) is 7. The summed E-state index contributed by atoms with van der Waals surface area (Å²) in [4.78, 5) is 39.0. The number of nitrogens with one attached hydrogen (secondary N) is 2. The number of hydrogen-bond donors (Lipinski definition) is 3. The van der Waals surface area contributed by atoms with Gasteiger partial charge < -0.3 is 15.3 Å². The Morgan fingerprint density at radius 2 is 1.88 bits per heavy atom. The molecular weight excluding hydrogens is 467 g/mol. The zero-order valence-electron chi connectivity index (χ0n) is 17.3. The van der Waals surface area contributed by atoms with Crippen molar-refractivity contribution in [1.29, 1.82) is 0 Å². The maximum absolute atomic E-state index is 13.0. The van der Waals surface area contributed by atoms with Crippen LogP contribution in [0.25, 0.3) is 16.7 Å². The number of rotatable bonds is 4. The number of β-amino-alcohol motifs (C(OH)–C–C–N with tert-alkyl or cyclic N) is 1. The van der Waals surface area contributed by atoms with Gasteiger partial charge in [0, 0.05) is 30.7 Å². The molecule has 2 aromatic carbocycles. The van der Waals surface area contributed by atoms with E-state index < -0.39 is 11.2 Å². The lowest BCUT2D eigenvalue weighted by atomic mass is 10.1. The highest BCUT2D eigenvalue weighted by Gasteiger charge is 2.25. The molecule has 5 rings (SSSR count). The van der Waals surface area contributed by atoms with E-state index in [1.807, 2.05) is 25.1 Å². The Balaban J connectivity index is 1.49. The monoisotopic (exact) mass is 484 g/mol. The third-order valence-corrected chi connectivity index (χ3v) is 6.08. The van der Waals surface area contributed by atoms with Crippen molar-refractivity contribution in [1.82, 2.24) is 19.5 Å². The minimum Gasteiger partial charge on any atom is -0.389 e. The summed E-state index contributed by atoms with van der Waals surface area (Å²) < 4.78 is 0.873. The number of aryl methyl sites for hydroxylation is 1. The molecule has 0 unspecified atom stereocenters. The van der Waals surface area contributed by atoms with Gasteiger partial charge in [-0.25, -0.2) is 14.3 Å². The molecule has 9 nitrogen and oxygen atoms in total. The third kappa shape index (κ3) is 3.84. The summed E-state index contributed by atoms with van der Waals surface area (Å²) in [5.74, 6) is 0.220. The Labute approximate surface area is 197 Å². The van der Waals surface area contributed by atoms with E-state index in [4.69, 9.17) is 23.2 Å². The average Bonchev–Trinajstić information content (AvgIpc) is 2.74. The van der Waals surface area contributed by atoms with E-state index >= 15 is 0 Å². The second kappa shape index (κ2) is 8.18. The van der Waals surface area contributed by atoms with Crippen molar-refractivity contribution in [2.45, 2.75) is 13.0 Å². The first-order valence-corrected chi connectivity index (χ1v) is 10.8. The summed E-state index contributed by atoms with van der Waals surface area (Å²) in [6.07, 6.45) is 1.06. The van der Waals surface area contributed by atoms with Crippen LogP contribution in [0.15, 0.2) is 52.2 Å². The molecule has 33 heavy (non-hydrogen) atoms. The Bertz CT molecular complexity index is 1490. The van der Waals surface area contributed by atoms with Gasteiger partial charge in [-0.15, -0.1) is 0 Å². The summed E-state index contributed by atoms with van der Waals surface area (Å²) in [6.45, 7) is 3.21. The zero-order valence-corrected chi connectivity index (χ0v) is 18.9. The molecule has 4 aromatic rings. The fourth-order valence-corrected chi connectivity index (χ4v) is 4.41. The standard InChI is InChI=1S/C22H18Cl2N6O3/c1-11-7-12(5-6-17(11)29-9-13(31)10-29)26-21-25-8-14-19(27-21)28-22(33)30(20(14)32)18-15(23)3-2-4-16(18)24/h2-8,13,31H,9-10H2,1H3,(H2,25,26,27,28,33). The van der Waals surface area contributed by atoms with Crippen LogP contribution >= 0.6 is 23.2 Å². The van der Waals surface area contributed by atoms with Gasteiger partial charge in [0.1, 0.15) is 5.39 Å². The molecule has 3 N–H and O–H groups in total. The quantitative estimate of drug-likeness (QED) is 0.407. The highest BCUT2D eigenvalue weighted by atomic mass is 35.5. The van der Waals surface area contributed by atoms with Gasteiger partial charge in [-0.1, -0.05) is 29.3 Å². The largest absolute Gasteiger partial charge is 0.389 e. The first-order valence-electron chi connectivity index (χ1n) is 10.1. The first-order chi connectivity index (χ1) is 15.8. The van der Waals surface area contributed by atoms with E-state index in [9.17, 15) is 14.7 Å². The lowest BCUT2D eigenvalue weighted by molar-refractivity contribution is 0.142. The minimum absolute atomic E-state index is 0.0878. The van der Waals surface area contributed by atoms with Crippen molar-refractivity contribution >= 4 is 51.6 Å². The fourth-order valence-electron chi connectivity index (χ4n) is 3.84. The maximum Gasteiger partial charge on any atom is 0.334 e. The summed E-state index contributed by atoms with van der Waals surface area (Å²) in [5.41, 5.74) is 1.66. The lowest BCUT2D eigenvalue weighted by Gasteiger charge is -2.38. The molecule has 1 fully saturated rings. The summed E-state index contributed by atoms with van der Waals surface area (Å²) >= 11 is 12.4. The number of aromatic amines is 1. The van der Waals surface area contributed by atoms with Gasteiger partial charge in [0.05, 0.1) is 21.8 Å². The van der Waals surface area contributed by atoms with E-state index in [2.05, 4.69) is 25.2 Å². The summed E-state index contributed by atoms with van der Waals surface area (Å²) in [7, 11) is 0. The van der Waals surface area contributed by atoms with E-state index in [1.54, 1.807) is 18.2 Å². The van der Waals surface area contributed by atoms with Crippen LogP contribution in [-0.4, -0.2) is 43.8 Å². The predicted molar refractivity (Wildman–Crippen MR) is 128 cm³/mol. The van der Waals surface area contributed by atoms with E-state index in [0.29, 0.717) is 13.1 Å². The predicted octanol–water partition coefficient (Wildman–Crippen LogP) is 3.01. The topological polar surface area (TPSA) is 116 Å². The Morgan fingerprint density at radius 1 is 1.15 bits per heavy atom. The maximum atomic E-state index is 13.0. The number of halogens is 2. The zero-order chi connectivity index (χ0) is 23.3. The number of aliphatic hydroxyl groups excluding tert-OH is 1. The van der Waals surface area contributed by atoms with Gasteiger partial charge in [0.25, 0.3) is 5.56 Å². The summed E-state index contributed by atoms with van der Waals surface area (Å²) in [6, 6.07) is 10.5. The third-order valence-electron chi connectivity index (χ3n) is 5.47. The number of anilines is 3. The van der Waals surface area contributed by atoms with Gasteiger partial charge in [-0.3, -0.25) is 9.78 Å². The van der Waals surface area contributed by atoms with E-state index in [0.717, 1.165) is 21.5 Å². The molecule has 2 aromatic heterocycles. The van der Waals surface area contributed by atoms with Crippen molar-refractivity contribution in [3.63, 3.8) is 0 Å². The summed E-state index contributed by atoms with van der Waals surface area (Å²) in [5, 5.41) is 13.1. The van der Waals surface area contributed by atoms with Crippen molar-refractivity contribution in [3.8, 4) is 5.69 Å². The van der Waals surface area contributed by atoms with Crippen molar-refractivity contribution in [2.24, 2.45) is 0 Å². The van der Waals surface area contributed by atoms with Crippen molar-refractivity contribution < 1.29 is 5.11 Å². The van der Waals surface area contributed by atoms with Crippen LogP contribution in [-0.2, 0) is 0 Å². The normalized spacial score (nSPS) is 13.9. The highest BCUT2D eigenvalue weighted by molar-refractivity contribution is 6.37. The number of nitrogens with zero attached hydrogens (tertiary/aromatic N) is 4. The molecule has 0 amide bonds. The SMILES string of the molecule is Cc1cc(Nc2ncc3c(=O)n(-c4c(Cl)cccc4Cl)c(=O)[nH]c3n2)ccc1N1CC(O)C1. The molecule has 1 saturated heterocycles. The number of benzene rings is 2. The Hall–Kier alpha value is -3.40. The second-order valence-corrected chi connectivity index (χ2v) is 8.60. The number of para-hydroxylation sites is 1. The van der Waals surface area contributed by atoms with Crippen LogP contribution in [0.3, 0.4) is 0 Å². The number of aliphatic hydroxyl groups is 1. The molecule has 0 atom stereocenters. The van der Waals surface area contributed by atoms with Gasteiger partial charge in [-0.05, 0) is 42.8 Å². The second-order valence-electron chi connectivity index (χ2n) is 7.78. The molecule has 0 bridgehead atoms.